The van der Waals surface area contributed by atoms with Gasteiger partial charge in [-0.1, -0.05) is 63.6 Å². The van der Waals surface area contributed by atoms with Crippen LogP contribution in [0.25, 0.3) is 34.2 Å². The number of pyridine rings is 1. The van der Waals surface area contributed by atoms with E-state index < -0.39 is 0 Å². The maximum absolute atomic E-state index is 2.63. The Morgan fingerprint density at radius 3 is 2.55 bits per heavy atom. The average molecular weight is 437 g/mol. The van der Waals surface area contributed by atoms with Gasteiger partial charge < -0.3 is 0 Å². The fraction of sp³-hybridized carbons (Fsp3) is 0.406. The monoisotopic (exact) mass is 436 g/mol. The zero-order chi connectivity index (χ0) is 23.2. The highest BCUT2D eigenvalue weighted by atomic mass is 15.1. The van der Waals surface area contributed by atoms with Gasteiger partial charge in [0.15, 0.2) is 11.7 Å². The van der Waals surface area contributed by atoms with Gasteiger partial charge in [-0.15, -0.1) is 0 Å². The standard InChI is InChI=1S/C32H38N/c1-6-9-14-23-17-13-18-27-26(23)19-20-33-30(27)28-21-24-15-11-10-12-16-25(24)22-29(28)31(4,7-2)32(33,5)8-3/h10,12-13,15-22H,6-9,11,14H2,1-5H3/q+1. The van der Waals surface area contributed by atoms with Gasteiger partial charge in [-0.25, -0.2) is 0 Å². The minimum atomic E-state index is 0.0101. The Morgan fingerprint density at radius 1 is 0.939 bits per heavy atom. The van der Waals surface area contributed by atoms with Gasteiger partial charge in [-0.05, 0) is 77.8 Å². The number of allylic oxidation sites excluding steroid dienone is 2. The van der Waals surface area contributed by atoms with Crippen LogP contribution in [-0.4, -0.2) is 0 Å². The summed E-state index contributed by atoms with van der Waals surface area (Å²) in [6, 6.07) is 14.4. The molecule has 0 bridgehead atoms. The van der Waals surface area contributed by atoms with Crippen LogP contribution in [0.15, 0.2) is 54.7 Å². The van der Waals surface area contributed by atoms with E-state index in [4.69, 9.17) is 0 Å². The number of fused-ring (bicyclic) bond motifs is 6. The molecule has 2 aliphatic rings. The van der Waals surface area contributed by atoms with Crippen molar-refractivity contribution in [2.45, 2.75) is 84.1 Å². The van der Waals surface area contributed by atoms with Gasteiger partial charge in [-0.2, -0.15) is 4.57 Å². The average Bonchev–Trinajstić information content (AvgIpc) is 3.09. The van der Waals surface area contributed by atoms with Crippen molar-refractivity contribution in [3.63, 3.8) is 0 Å². The lowest BCUT2D eigenvalue weighted by Crippen LogP contribution is -2.67. The Kier molecular flexibility index (Phi) is 5.55. The normalized spacial score (nSPS) is 23.2. The lowest BCUT2D eigenvalue weighted by Gasteiger charge is -2.46. The molecule has 0 N–H and O–H groups in total. The van der Waals surface area contributed by atoms with Crippen molar-refractivity contribution in [2.75, 3.05) is 0 Å². The van der Waals surface area contributed by atoms with Crippen LogP contribution in [0.4, 0.5) is 0 Å². The van der Waals surface area contributed by atoms with E-state index in [-0.39, 0.29) is 11.0 Å². The van der Waals surface area contributed by atoms with E-state index in [9.17, 15) is 0 Å². The van der Waals surface area contributed by atoms with Crippen LogP contribution < -0.4 is 15.0 Å². The molecular weight excluding hydrogens is 398 g/mol. The summed E-state index contributed by atoms with van der Waals surface area (Å²) < 4.78 is 2.63. The van der Waals surface area contributed by atoms with Crippen molar-refractivity contribution in [1.82, 2.24) is 0 Å². The summed E-state index contributed by atoms with van der Waals surface area (Å²) in [5, 5.41) is 5.55. The highest BCUT2D eigenvalue weighted by molar-refractivity contribution is 5.96. The number of benzene rings is 2. The van der Waals surface area contributed by atoms with Crippen molar-refractivity contribution in [1.29, 1.82) is 0 Å². The zero-order valence-electron chi connectivity index (χ0n) is 21.0. The first-order chi connectivity index (χ1) is 16.0. The van der Waals surface area contributed by atoms with E-state index in [2.05, 4.69) is 106 Å². The summed E-state index contributed by atoms with van der Waals surface area (Å²) in [4.78, 5) is 0. The Hall–Kier alpha value is -2.67. The predicted octanol–water partition coefficient (Wildman–Crippen LogP) is 6.46. The molecule has 1 aromatic heterocycles. The molecule has 0 saturated carbocycles. The molecule has 2 unspecified atom stereocenters. The summed E-state index contributed by atoms with van der Waals surface area (Å²) in [7, 11) is 0. The number of rotatable bonds is 5. The topological polar surface area (TPSA) is 3.88 Å². The molecule has 0 fully saturated rings. The quantitative estimate of drug-likeness (QED) is 0.404. The molecule has 0 saturated heterocycles. The Labute approximate surface area is 199 Å². The van der Waals surface area contributed by atoms with Crippen LogP contribution in [0.5, 0.6) is 0 Å². The van der Waals surface area contributed by atoms with Crippen LogP contribution in [0.3, 0.4) is 0 Å². The van der Waals surface area contributed by atoms with Crippen molar-refractivity contribution in [3.05, 3.63) is 76.3 Å². The highest BCUT2D eigenvalue weighted by Crippen LogP contribution is 2.50. The fourth-order valence-corrected chi connectivity index (χ4v) is 6.38. The van der Waals surface area contributed by atoms with Gasteiger partial charge in [-0.3, -0.25) is 0 Å². The van der Waals surface area contributed by atoms with Crippen LogP contribution in [0.1, 0.15) is 77.8 Å². The number of aromatic nitrogens is 1. The van der Waals surface area contributed by atoms with Crippen molar-refractivity contribution in [2.24, 2.45) is 0 Å². The summed E-state index contributed by atoms with van der Waals surface area (Å²) in [6.45, 7) is 12.0. The maximum Gasteiger partial charge on any atom is 0.221 e. The number of unbranched alkanes of at least 4 members (excludes halogenated alkanes) is 1. The molecule has 1 aliphatic heterocycles. The summed E-state index contributed by atoms with van der Waals surface area (Å²) in [5.74, 6) is 0. The number of nitrogens with zero attached hydrogens (tertiary/aromatic N) is 1. The Morgan fingerprint density at radius 2 is 1.79 bits per heavy atom. The lowest BCUT2D eigenvalue weighted by atomic mass is 9.60. The number of aryl methyl sites for hydroxylation is 1. The number of hydrogen-bond acceptors (Lipinski definition) is 0. The SMILES string of the molecule is CCCCc1cccc2c3[n+](ccc12)C(C)(CC)C(C)(CC)c1cc2c(cc1-3)=CCC=CC=2. The molecule has 2 heterocycles. The molecule has 3 aromatic rings. The van der Waals surface area contributed by atoms with Crippen LogP contribution in [-0.2, 0) is 17.4 Å². The van der Waals surface area contributed by atoms with E-state index in [0.29, 0.717) is 0 Å². The molecule has 0 amide bonds. The van der Waals surface area contributed by atoms with E-state index >= 15 is 0 Å². The Bertz CT molecular complexity index is 1380. The van der Waals surface area contributed by atoms with Gasteiger partial charge in [0, 0.05) is 19.4 Å². The molecule has 1 heteroatoms. The van der Waals surface area contributed by atoms with E-state index in [1.165, 1.54) is 56.4 Å². The summed E-state index contributed by atoms with van der Waals surface area (Å²) in [5.41, 5.74) is 5.90. The molecule has 0 spiro atoms. The van der Waals surface area contributed by atoms with E-state index in [0.717, 1.165) is 25.7 Å². The number of hydrogen-bond donors (Lipinski definition) is 0. The van der Waals surface area contributed by atoms with Crippen LogP contribution in [0.2, 0.25) is 0 Å². The first-order valence-corrected chi connectivity index (χ1v) is 13.0. The third-order valence-electron chi connectivity index (χ3n) is 8.96. The first kappa shape index (κ1) is 22.1. The molecule has 170 valence electrons. The minimum Gasteiger partial charge on any atom is -0.192 e. The zero-order valence-corrected chi connectivity index (χ0v) is 21.0. The van der Waals surface area contributed by atoms with Crippen molar-refractivity contribution >= 4 is 22.9 Å². The maximum atomic E-state index is 2.63. The molecule has 1 aliphatic carbocycles. The minimum absolute atomic E-state index is 0.0101. The lowest BCUT2D eigenvalue weighted by molar-refractivity contribution is -0.764. The molecule has 0 radical (unpaired) electrons. The van der Waals surface area contributed by atoms with Gasteiger partial charge in [0.2, 0.25) is 5.69 Å². The fourth-order valence-electron chi connectivity index (χ4n) is 6.38. The molecule has 5 rings (SSSR count). The second-order valence-electron chi connectivity index (χ2n) is 10.4. The Balaban J connectivity index is 1.93. The van der Waals surface area contributed by atoms with Gasteiger partial charge in [0.25, 0.3) is 0 Å². The predicted molar refractivity (Wildman–Crippen MR) is 142 cm³/mol. The molecule has 2 aromatic carbocycles. The largest absolute Gasteiger partial charge is 0.221 e. The molecule has 2 atom stereocenters. The van der Waals surface area contributed by atoms with Gasteiger partial charge >= 0.3 is 0 Å². The van der Waals surface area contributed by atoms with E-state index in [1.807, 2.05) is 0 Å². The van der Waals surface area contributed by atoms with Crippen molar-refractivity contribution < 1.29 is 4.57 Å². The van der Waals surface area contributed by atoms with Gasteiger partial charge in [0.1, 0.15) is 0 Å². The van der Waals surface area contributed by atoms with Crippen molar-refractivity contribution in [3.8, 4) is 11.3 Å². The van der Waals surface area contributed by atoms with Crippen LogP contribution >= 0.6 is 0 Å². The van der Waals surface area contributed by atoms with Gasteiger partial charge in [0.05, 0.1) is 16.4 Å². The van der Waals surface area contributed by atoms with E-state index in [1.54, 1.807) is 0 Å². The smallest absolute Gasteiger partial charge is 0.192 e. The van der Waals surface area contributed by atoms with Crippen LogP contribution in [0, 0.1) is 0 Å². The second kappa shape index (κ2) is 8.28. The molecule has 1 nitrogen and oxygen atoms in total. The molecule has 33 heavy (non-hydrogen) atoms. The second-order valence-corrected chi connectivity index (χ2v) is 10.4. The first-order valence-electron chi connectivity index (χ1n) is 13.0. The summed E-state index contributed by atoms with van der Waals surface area (Å²) >= 11 is 0. The third kappa shape index (κ3) is 3.15. The third-order valence-corrected chi connectivity index (χ3v) is 8.96. The molecular formula is C32H38N+. The summed E-state index contributed by atoms with van der Waals surface area (Å²) in [6.07, 6.45) is 18.4. The highest BCUT2D eigenvalue weighted by Gasteiger charge is 2.56.